The lowest BCUT2D eigenvalue weighted by Gasteiger charge is -2.13. The molecule has 28 heavy (non-hydrogen) atoms. The molecule has 4 rings (SSSR count). The Bertz CT molecular complexity index is 1110. The zero-order valence-corrected chi connectivity index (χ0v) is 15.2. The van der Waals surface area contributed by atoms with Gasteiger partial charge in [0.05, 0.1) is 16.9 Å². The van der Waals surface area contributed by atoms with E-state index in [-0.39, 0.29) is 12.2 Å². The number of carboxylic acid groups (broad SMARTS) is 1. The Kier molecular flexibility index (Phi) is 4.65. The fourth-order valence-electron chi connectivity index (χ4n) is 3.20. The normalized spacial score (nSPS) is 12.3. The van der Waals surface area contributed by atoms with Gasteiger partial charge in [-0.1, -0.05) is 19.4 Å². The molecule has 0 amide bonds. The maximum Gasteiger partial charge on any atom is 0.231 e. The smallest absolute Gasteiger partial charge is 0.231 e. The van der Waals surface area contributed by atoms with Crippen LogP contribution in [0.15, 0.2) is 45.8 Å². The molecule has 0 atom stereocenters. The van der Waals surface area contributed by atoms with E-state index in [1.54, 1.807) is 30.3 Å². The maximum atomic E-state index is 13.1. The average molecular weight is 381 g/mol. The summed E-state index contributed by atoms with van der Waals surface area (Å²) in [5.74, 6) is 0.267. The van der Waals surface area contributed by atoms with Crippen molar-refractivity contribution in [3.63, 3.8) is 0 Å². The van der Waals surface area contributed by atoms with Crippen molar-refractivity contribution in [3.8, 4) is 28.4 Å². The molecule has 0 radical (unpaired) electrons. The minimum Gasteiger partial charge on any atom is -0.546 e. The van der Waals surface area contributed by atoms with Crippen molar-refractivity contribution in [2.75, 3.05) is 13.4 Å². The third-order valence-corrected chi connectivity index (χ3v) is 4.50. The number of hydrogen-bond donors (Lipinski definition) is 0. The Morgan fingerprint density at radius 3 is 2.79 bits per heavy atom. The van der Waals surface area contributed by atoms with Gasteiger partial charge in [0.15, 0.2) is 11.5 Å². The Hall–Kier alpha value is -3.48. The predicted octanol–water partition coefficient (Wildman–Crippen LogP) is 2.27. The summed E-state index contributed by atoms with van der Waals surface area (Å²) in [6.07, 6.45) is 2.82. The van der Waals surface area contributed by atoms with E-state index in [0.29, 0.717) is 45.8 Å². The van der Waals surface area contributed by atoms with Crippen LogP contribution in [0.25, 0.3) is 22.1 Å². The Balaban J connectivity index is 1.81. The number of carbonyl (C=O) groups excluding carboxylic acids is 1. The molecule has 2 heterocycles. The zero-order chi connectivity index (χ0) is 19.7. The minimum absolute atomic E-state index is 0.153. The lowest BCUT2D eigenvalue weighted by molar-refractivity contribution is -0.307. The first kappa shape index (κ1) is 17.9. The fraction of sp³-hybridized carbons (Fsp3) is 0.238. The van der Waals surface area contributed by atoms with Crippen LogP contribution >= 0.6 is 0 Å². The molecule has 0 spiro atoms. The van der Waals surface area contributed by atoms with Crippen molar-refractivity contribution in [3.05, 3.63) is 52.4 Å². The van der Waals surface area contributed by atoms with Gasteiger partial charge in [0.1, 0.15) is 24.2 Å². The summed E-state index contributed by atoms with van der Waals surface area (Å²) in [6.45, 7) is 1.57. The van der Waals surface area contributed by atoms with Gasteiger partial charge in [-0.15, -0.1) is 0 Å². The second-order valence-corrected chi connectivity index (χ2v) is 6.41. The summed E-state index contributed by atoms with van der Waals surface area (Å²) in [7, 11) is 0. The third kappa shape index (κ3) is 3.26. The highest BCUT2D eigenvalue weighted by atomic mass is 16.7. The van der Waals surface area contributed by atoms with E-state index in [9.17, 15) is 14.7 Å². The molecule has 7 nitrogen and oxygen atoms in total. The van der Waals surface area contributed by atoms with Crippen LogP contribution in [0.4, 0.5) is 0 Å². The number of aryl methyl sites for hydroxylation is 1. The van der Waals surface area contributed by atoms with E-state index >= 15 is 0 Å². The van der Waals surface area contributed by atoms with Gasteiger partial charge in [0, 0.05) is 6.07 Å². The van der Waals surface area contributed by atoms with Crippen molar-refractivity contribution in [1.29, 1.82) is 0 Å². The SMILES string of the molecule is CCCc1cc2c(=O)c(-c3ccc4c(c3)OCO4)coc2cc1OCC(=O)[O-]. The van der Waals surface area contributed by atoms with Crippen LogP contribution in [0.5, 0.6) is 17.2 Å². The molecular formula is C21H17O7-. The Labute approximate surface area is 160 Å². The number of carbonyl (C=O) groups is 1. The molecule has 3 aromatic rings. The summed E-state index contributed by atoms with van der Waals surface area (Å²) in [4.78, 5) is 23.8. The molecule has 0 saturated heterocycles. The first-order chi connectivity index (χ1) is 13.6. The Morgan fingerprint density at radius 2 is 2.00 bits per heavy atom. The number of benzene rings is 2. The van der Waals surface area contributed by atoms with Crippen LogP contribution in [0.2, 0.25) is 0 Å². The van der Waals surface area contributed by atoms with Crippen LogP contribution < -0.4 is 24.7 Å². The maximum absolute atomic E-state index is 13.1. The number of rotatable bonds is 6. The van der Waals surface area contributed by atoms with Gasteiger partial charge >= 0.3 is 0 Å². The monoisotopic (exact) mass is 381 g/mol. The number of carboxylic acids is 1. The van der Waals surface area contributed by atoms with E-state index in [0.717, 1.165) is 12.0 Å². The van der Waals surface area contributed by atoms with E-state index in [4.69, 9.17) is 18.6 Å². The van der Waals surface area contributed by atoms with Crippen LogP contribution in [0, 0.1) is 0 Å². The van der Waals surface area contributed by atoms with E-state index in [1.165, 1.54) is 6.26 Å². The number of hydrogen-bond acceptors (Lipinski definition) is 7. The number of ether oxygens (including phenoxy) is 3. The molecule has 7 heteroatoms. The predicted molar refractivity (Wildman–Crippen MR) is 98.5 cm³/mol. The molecule has 1 aliphatic heterocycles. The summed E-state index contributed by atoms with van der Waals surface area (Å²) in [5.41, 5.74) is 1.93. The van der Waals surface area contributed by atoms with Crippen LogP contribution in [-0.2, 0) is 11.2 Å². The molecule has 0 bridgehead atoms. The Morgan fingerprint density at radius 1 is 1.18 bits per heavy atom. The van der Waals surface area contributed by atoms with Crippen molar-refractivity contribution in [1.82, 2.24) is 0 Å². The molecule has 2 aromatic carbocycles. The molecule has 0 saturated carbocycles. The molecule has 0 aliphatic carbocycles. The van der Waals surface area contributed by atoms with Gasteiger partial charge in [-0.2, -0.15) is 0 Å². The van der Waals surface area contributed by atoms with E-state index in [2.05, 4.69) is 0 Å². The topological polar surface area (TPSA) is 98.0 Å². The van der Waals surface area contributed by atoms with Crippen molar-refractivity contribution in [2.24, 2.45) is 0 Å². The van der Waals surface area contributed by atoms with Crippen molar-refractivity contribution in [2.45, 2.75) is 19.8 Å². The highest BCUT2D eigenvalue weighted by Crippen LogP contribution is 2.36. The van der Waals surface area contributed by atoms with Gasteiger partial charge in [0.25, 0.3) is 0 Å². The zero-order valence-electron chi connectivity index (χ0n) is 15.2. The van der Waals surface area contributed by atoms with Gasteiger partial charge in [0.2, 0.25) is 12.2 Å². The van der Waals surface area contributed by atoms with Crippen LogP contribution in [0.1, 0.15) is 18.9 Å². The first-order valence-corrected chi connectivity index (χ1v) is 8.88. The highest BCUT2D eigenvalue weighted by Gasteiger charge is 2.17. The van der Waals surface area contributed by atoms with E-state index < -0.39 is 12.6 Å². The summed E-state index contributed by atoms with van der Waals surface area (Å²) >= 11 is 0. The standard InChI is InChI=1S/C21H18O7/c1-2-3-13-6-14-18(8-17(13)26-10-20(22)23)25-9-15(21(14)24)12-4-5-16-19(7-12)28-11-27-16/h4-9H,2-3,10-11H2,1H3,(H,22,23)/p-1. The molecule has 0 unspecified atom stereocenters. The van der Waals surface area contributed by atoms with Crippen LogP contribution in [-0.4, -0.2) is 19.4 Å². The molecule has 0 fully saturated rings. The van der Waals surface area contributed by atoms with Gasteiger partial charge in [-0.25, -0.2) is 0 Å². The number of aliphatic carboxylic acids is 1. The van der Waals surface area contributed by atoms with Gasteiger partial charge in [-0.3, -0.25) is 4.79 Å². The molecule has 1 aliphatic rings. The van der Waals surface area contributed by atoms with Gasteiger partial charge < -0.3 is 28.5 Å². The molecular weight excluding hydrogens is 364 g/mol. The van der Waals surface area contributed by atoms with Crippen molar-refractivity contribution >= 4 is 16.9 Å². The van der Waals surface area contributed by atoms with E-state index in [1.807, 2.05) is 6.92 Å². The second-order valence-electron chi connectivity index (χ2n) is 6.41. The summed E-state index contributed by atoms with van der Waals surface area (Å²) in [5, 5.41) is 11.1. The highest BCUT2D eigenvalue weighted by molar-refractivity contribution is 5.84. The lowest BCUT2D eigenvalue weighted by atomic mass is 10.0. The summed E-state index contributed by atoms with van der Waals surface area (Å²) < 4.78 is 21.7. The van der Waals surface area contributed by atoms with Crippen molar-refractivity contribution < 1.29 is 28.5 Å². The molecule has 1 aromatic heterocycles. The molecule has 0 N–H and O–H groups in total. The largest absolute Gasteiger partial charge is 0.546 e. The minimum atomic E-state index is -1.32. The average Bonchev–Trinajstić information content (AvgIpc) is 3.15. The third-order valence-electron chi connectivity index (χ3n) is 4.50. The molecule has 144 valence electrons. The summed E-state index contributed by atoms with van der Waals surface area (Å²) in [6, 6.07) is 8.52. The fourth-order valence-corrected chi connectivity index (χ4v) is 3.20. The van der Waals surface area contributed by atoms with Crippen LogP contribution in [0.3, 0.4) is 0 Å². The quantitative estimate of drug-likeness (QED) is 0.646. The van der Waals surface area contributed by atoms with Gasteiger partial charge in [-0.05, 0) is 35.7 Å². The lowest BCUT2D eigenvalue weighted by Crippen LogP contribution is -2.29. The first-order valence-electron chi connectivity index (χ1n) is 8.88. The number of fused-ring (bicyclic) bond motifs is 2. The second kappa shape index (κ2) is 7.26.